The number of rotatable bonds is 3. The molecule has 4 nitrogen and oxygen atoms in total. The van der Waals surface area contributed by atoms with Crippen LogP contribution in [-0.4, -0.2) is 12.1 Å². The summed E-state index contributed by atoms with van der Waals surface area (Å²) in [7, 11) is 1.50. The quantitative estimate of drug-likeness (QED) is 0.770. The van der Waals surface area contributed by atoms with Gasteiger partial charge in [0.25, 0.3) is 0 Å². The number of aromatic nitrogens is 1. The molecule has 1 aliphatic carbocycles. The van der Waals surface area contributed by atoms with Crippen molar-refractivity contribution in [3.8, 4) is 11.8 Å². The fourth-order valence-electron chi connectivity index (χ4n) is 2.56. The van der Waals surface area contributed by atoms with Gasteiger partial charge in [-0.25, -0.2) is 4.85 Å². The predicted octanol–water partition coefficient (Wildman–Crippen LogP) is 4.47. The highest BCUT2D eigenvalue weighted by atomic mass is 79.9. The molecule has 5 heteroatoms. The highest BCUT2D eigenvalue weighted by molar-refractivity contribution is 9.10. The van der Waals surface area contributed by atoms with Crippen molar-refractivity contribution in [2.45, 2.75) is 18.9 Å². The van der Waals surface area contributed by atoms with Crippen molar-refractivity contribution in [3.63, 3.8) is 0 Å². The Bertz CT molecular complexity index is 725. The van der Waals surface area contributed by atoms with Gasteiger partial charge in [-0.3, -0.25) is 0 Å². The molecule has 0 fully saturated rings. The number of halogens is 1. The summed E-state index contributed by atoms with van der Waals surface area (Å²) in [4.78, 5) is 7.61. The van der Waals surface area contributed by atoms with Gasteiger partial charge in [-0.1, -0.05) is 28.1 Å². The lowest BCUT2D eigenvalue weighted by Crippen LogP contribution is -2.05. The smallest absolute Gasteiger partial charge is 0.247 e. The third kappa shape index (κ3) is 2.59. The van der Waals surface area contributed by atoms with Gasteiger partial charge in [0.05, 0.1) is 13.7 Å². The molecule has 0 spiro atoms. The molecule has 2 aromatic rings. The predicted molar refractivity (Wildman–Crippen MR) is 82.9 cm³/mol. The molecular weight excluding hydrogens is 332 g/mol. The topological polar surface area (TPSA) is 35.7 Å². The van der Waals surface area contributed by atoms with Crippen LogP contribution < -0.4 is 9.47 Å². The maximum absolute atomic E-state index is 7.06. The van der Waals surface area contributed by atoms with Crippen LogP contribution in [0.3, 0.4) is 0 Å². The Labute approximate surface area is 131 Å². The standard InChI is InChI=1S/C16H13BrN2O2/c1-18-13-7-9-15(19-16(13)20-2)21-14-8-6-10-11(14)4-3-5-12(10)17/h3-5,7,9,14H,6,8H2,2H3/t14-/m0/s1. The molecule has 3 rings (SSSR count). The third-order valence-electron chi connectivity index (χ3n) is 3.55. The highest BCUT2D eigenvalue weighted by Gasteiger charge is 2.26. The van der Waals surface area contributed by atoms with Crippen molar-refractivity contribution in [2.24, 2.45) is 0 Å². The van der Waals surface area contributed by atoms with Crippen LogP contribution in [0.4, 0.5) is 5.69 Å². The molecule has 1 atom stereocenters. The fourth-order valence-corrected chi connectivity index (χ4v) is 3.14. The van der Waals surface area contributed by atoms with Gasteiger partial charge in [0.1, 0.15) is 6.10 Å². The van der Waals surface area contributed by atoms with Gasteiger partial charge in [-0.2, -0.15) is 4.98 Å². The second-order valence-electron chi connectivity index (χ2n) is 4.74. The molecule has 106 valence electrons. The molecule has 0 saturated heterocycles. The third-order valence-corrected chi connectivity index (χ3v) is 4.29. The van der Waals surface area contributed by atoms with Crippen molar-refractivity contribution in [3.05, 3.63) is 57.3 Å². The summed E-state index contributed by atoms with van der Waals surface area (Å²) >= 11 is 3.58. The van der Waals surface area contributed by atoms with E-state index in [9.17, 15) is 0 Å². The van der Waals surface area contributed by atoms with Crippen LogP contribution >= 0.6 is 15.9 Å². The number of ether oxygens (including phenoxy) is 2. The zero-order valence-corrected chi connectivity index (χ0v) is 13.1. The normalized spacial score (nSPS) is 16.1. The maximum Gasteiger partial charge on any atom is 0.247 e. The van der Waals surface area contributed by atoms with E-state index in [1.807, 2.05) is 12.1 Å². The van der Waals surface area contributed by atoms with E-state index in [2.05, 4.69) is 31.8 Å². The minimum absolute atomic E-state index is 0.00602. The van der Waals surface area contributed by atoms with Crippen LogP contribution in [0.15, 0.2) is 34.8 Å². The Hall–Kier alpha value is -2.06. The van der Waals surface area contributed by atoms with E-state index in [1.54, 1.807) is 12.1 Å². The Balaban J connectivity index is 1.87. The van der Waals surface area contributed by atoms with Crippen molar-refractivity contribution in [2.75, 3.05) is 7.11 Å². The molecule has 0 bridgehead atoms. The lowest BCUT2D eigenvalue weighted by atomic mass is 10.1. The summed E-state index contributed by atoms with van der Waals surface area (Å²) in [5.74, 6) is 0.784. The summed E-state index contributed by atoms with van der Waals surface area (Å²) < 4.78 is 12.2. The van der Waals surface area contributed by atoms with E-state index in [0.29, 0.717) is 17.4 Å². The van der Waals surface area contributed by atoms with E-state index in [4.69, 9.17) is 16.0 Å². The second-order valence-corrected chi connectivity index (χ2v) is 5.60. The average Bonchev–Trinajstić information content (AvgIpc) is 2.92. The maximum atomic E-state index is 7.06. The van der Waals surface area contributed by atoms with Gasteiger partial charge in [-0.05, 0) is 42.2 Å². The molecule has 0 amide bonds. The van der Waals surface area contributed by atoms with Gasteiger partial charge in [0.15, 0.2) is 0 Å². The van der Waals surface area contributed by atoms with Crippen LogP contribution in [0.1, 0.15) is 23.7 Å². The minimum atomic E-state index is -0.00602. The van der Waals surface area contributed by atoms with E-state index >= 15 is 0 Å². The number of benzene rings is 1. The second kappa shape index (κ2) is 5.74. The SMILES string of the molecule is [C-]#[N+]c1ccc(O[C@H]2CCc3c(Br)cccc32)nc1OC. The monoisotopic (exact) mass is 344 g/mol. The first-order valence-electron chi connectivity index (χ1n) is 6.59. The van der Waals surface area contributed by atoms with Gasteiger partial charge in [0, 0.05) is 4.47 Å². The number of hydrogen-bond acceptors (Lipinski definition) is 3. The molecule has 0 unspecified atom stereocenters. The summed E-state index contributed by atoms with van der Waals surface area (Å²) in [6.45, 7) is 7.06. The van der Waals surface area contributed by atoms with Crippen LogP contribution in [0.5, 0.6) is 11.8 Å². The number of fused-ring (bicyclic) bond motifs is 1. The van der Waals surface area contributed by atoms with E-state index < -0.39 is 0 Å². The molecule has 0 aliphatic heterocycles. The minimum Gasteiger partial charge on any atom is -0.490 e. The zero-order valence-electron chi connectivity index (χ0n) is 11.5. The lowest BCUT2D eigenvalue weighted by Gasteiger charge is -2.15. The first-order valence-corrected chi connectivity index (χ1v) is 7.38. The molecular formula is C16H13BrN2O2. The van der Waals surface area contributed by atoms with E-state index in [-0.39, 0.29) is 6.10 Å². The average molecular weight is 345 g/mol. The largest absolute Gasteiger partial charge is 0.490 e. The van der Waals surface area contributed by atoms with Crippen molar-refractivity contribution >= 4 is 21.6 Å². The molecule has 1 aromatic heterocycles. The molecule has 0 N–H and O–H groups in total. The van der Waals surface area contributed by atoms with Gasteiger partial charge < -0.3 is 9.47 Å². The molecule has 21 heavy (non-hydrogen) atoms. The van der Waals surface area contributed by atoms with Crippen LogP contribution in [0.25, 0.3) is 4.85 Å². The first-order chi connectivity index (χ1) is 10.2. The summed E-state index contributed by atoms with van der Waals surface area (Å²) in [6, 6.07) is 9.53. The van der Waals surface area contributed by atoms with Crippen LogP contribution in [-0.2, 0) is 6.42 Å². The van der Waals surface area contributed by atoms with Gasteiger partial charge >= 0.3 is 0 Å². The number of hydrogen-bond donors (Lipinski definition) is 0. The van der Waals surface area contributed by atoms with E-state index in [1.165, 1.54) is 18.2 Å². The summed E-state index contributed by atoms with van der Waals surface area (Å²) in [6.07, 6.45) is 1.90. The number of methoxy groups -OCH3 is 1. The Morgan fingerprint density at radius 2 is 2.19 bits per heavy atom. The van der Waals surface area contributed by atoms with Crippen molar-refractivity contribution < 1.29 is 9.47 Å². The van der Waals surface area contributed by atoms with Crippen molar-refractivity contribution in [1.82, 2.24) is 4.98 Å². The summed E-state index contributed by atoms with van der Waals surface area (Å²) in [5, 5.41) is 0. The lowest BCUT2D eigenvalue weighted by molar-refractivity contribution is 0.197. The van der Waals surface area contributed by atoms with Crippen LogP contribution in [0.2, 0.25) is 0 Å². The zero-order chi connectivity index (χ0) is 14.8. The number of pyridine rings is 1. The van der Waals surface area contributed by atoms with Crippen LogP contribution in [0, 0.1) is 6.57 Å². The summed E-state index contributed by atoms with van der Waals surface area (Å²) in [5.41, 5.74) is 2.88. The molecule has 1 heterocycles. The first kappa shape index (κ1) is 13.9. The Morgan fingerprint density at radius 1 is 1.33 bits per heavy atom. The molecule has 1 aromatic carbocycles. The van der Waals surface area contributed by atoms with Gasteiger partial charge in [-0.15, -0.1) is 0 Å². The van der Waals surface area contributed by atoms with Crippen molar-refractivity contribution in [1.29, 1.82) is 0 Å². The molecule has 1 aliphatic rings. The fraction of sp³-hybridized carbons (Fsp3) is 0.250. The van der Waals surface area contributed by atoms with E-state index in [0.717, 1.165) is 17.3 Å². The Kier molecular flexibility index (Phi) is 3.80. The highest BCUT2D eigenvalue weighted by Crippen LogP contribution is 2.39. The Morgan fingerprint density at radius 3 is 2.95 bits per heavy atom. The van der Waals surface area contributed by atoms with Gasteiger partial charge in [0.2, 0.25) is 17.4 Å². The number of nitrogens with zero attached hydrogens (tertiary/aromatic N) is 2. The molecule has 0 saturated carbocycles. The molecule has 0 radical (unpaired) electrons.